The van der Waals surface area contributed by atoms with Crippen LogP contribution < -0.4 is 14.8 Å². The lowest BCUT2D eigenvalue weighted by molar-refractivity contribution is -0.117. The van der Waals surface area contributed by atoms with Gasteiger partial charge in [0.1, 0.15) is 17.6 Å². The van der Waals surface area contributed by atoms with Gasteiger partial charge in [-0.15, -0.1) is 0 Å². The van der Waals surface area contributed by atoms with Gasteiger partial charge in [0.2, 0.25) is 15.9 Å². The summed E-state index contributed by atoms with van der Waals surface area (Å²) in [5.74, 6) is -0.793. The Morgan fingerprint density at radius 1 is 1.06 bits per heavy atom. The molecule has 1 amide bonds. The highest BCUT2D eigenvalue weighted by Crippen LogP contribution is 2.28. The molecule has 3 aromatic carbocycles. The number of hydrogen-bond acceptors (Lipinski definition) is 4. The predicted molar refractivity (Wildman–Crippen MR) is 117 cm³/mol. The maximum absolute atomic E-state index is 13.2. The number of nitrogens with one attached hydrogen (secondary N) is 2. The van der Waals surface area contributed by atoms with Crippen LogP contribution in [0.3, 0.4) is 0 Å². The lowest BCUT2D eigenvalue weighted by Gasteiger charge is -2.20. The quantitative estimate of drug-likeness (QED) is 0.529. The average molecular weight is 463 g/mol. The molecule has 0 aliphatic carbocycles. The Kier molecular flexibility index (Phi) is 7.27. The van der Waals surface area contributed by atoms with Crippen LogP contribution >= 0.6 is 11.6 Å². The van der Waals surface area contributed by atoms with E-state index in [0.717, 1.165) is 29.8 Å². The summed E-state index contributed by atoms with van der Waals surface area (Å²) >= 11 is 6.02. The Morgan fingerprint density at radius 3 is 2.39 bits per heavy atom. The van der Waals surface area contributed by atoms with Crippen molar-refractivity contribution in [3.63, 3.8) is 0 Å². The minimum absolute atomic E-state index is 0.0932. The Bertz CT molecular complexity index is 1160. The van der Waals surface area contributed by atoms with Crippen LogP contribution in [0, 0.1) is 5.82 Å². The summed E-state index contributed by atoms with van der Waals surface area (Å²) in [6.45, 7) is 0. The molecule has 0 radical (unpaired) electrons. The van der Waals surface area contributed by atoms with Crippen molar-refractivity contribution in [1.82, 2.24) is 4.72 Å². The number of halogens is 2. The fourth-order valence-corrected chi connectivity index (χ4v) is 4.27. The van der Waals surface area contributed by atoms with Crippen molar-refractivity contribution in [2.75, 3.05) is 12.4 Å². The first kappa shape index (κ1) is 22.7. The van der Waals surface area contributed by atoms with Gasteiger partial charge in [-0.2, -0.15) is 4.72 Å². The third-order valence-electron chi connectivity index (χ3n) is 4.44. The summed E-state index contributed by atoms with van der Waals surface area (Å²) in [6.07, 6.45) is 0.0932. The molecule has 1 atom stereocenters. The third kappa shape index (κ3) is 6.04. The summed E-state index contributed by atoms with van der Waals surface area (Å²) in [7, 11) is -2.65. The first-order valence-corrected chi connectivity index (χ1v) is 11.1. The molecule has 3 rings (SSSR count). The smallest absolute Gasteiger partial charge is 0.243 e. The predicted octanol–water partition coefficient (Wildman–Crippen LogP) is 4.02. The third-order valence-corrected chi connectivity index (χ3v) is 6.16. The van der Waals surface area contributed by atoms with Crippen LogP contribution in [0.15, 0.2) is 77.7 Å². The van der Waals surface area contributed by atoms with Crippen LogP contribution in [-0.2, 0) is 21.2 Å². The molecule has 2 N–H and O–H groups in total. The fourth-order valence-electron chi connectivity index (χ4n) is 2.90. The van der Waals surface area contributed by atoms with E-state index >= 15 is 0 Å². The lowest BCUT2D eigenvalue weighted by Crippen LogP contribution is -2.45. The van der Waals surface area contributed by atoms with E-state index in [4.69, 9.17) is 16.3 Å². The second-order valence-corrected chi connectivity index (χ2v) is 8.80. The van der Waals surface area contributed by atoms with Crippen molar-refractivity contribution in [2.24, 2.45) is 0 Å². The molecule has 0 aliphatic rings. The summed E-state index contributed by atoms with van der Waals surface area (Å²) in [4.78, 5) is 12.9. The number of carbonyl (C=O) groups excluding carboxylic acids is 1. The summed E-state index contributed by atoms with van der Waals surface area (Å²) in [5.41, 5.74) is 1.06. The van der Waals surface area contributed by atoms with Crippen LogP contribution in [0.1, 0.15) is 5.56 Å². The van der Waals surface area contributed by atoms with Gasteiger partial charge >= 0.3 is 0 Å². The second-order valence-electron chi connectivity index (χ2n) is 6.65. The van der Waals surface area contributed by atoms with Gasteiger partial charge in [0.15, 0.2) is 0 Å². The molecular weight excluding hydrogens is 443 g/mol. The van der Waals surface area contributed by atoms with Crippen LogP contribution in [0.4, 0.5) is 10.1 Å². The minimum atomic E-state index is -4.09. The molecule has 0 aromatic heterocycles. The number of amides is 1. The molecule has 31 heavy (non-hydrogen) atoms. The van der Waals surface area contributed by atoms with E-state index in [0.29, 0.717) is 16.5 Å². The number of anilines is 1. The zero-order valence-electron chi connectivity index (χ0n) is 16.5. The first-order valence-electron chi connectivity index (χ1n) is 9.25. The van der Waals surface area contributed by atoms with Crippen molar-refractivity contribution in [1.29, 1.82) is 0 Å². The number of ether oxygens (including phenoxy) is 1. The molecule has 0 spiro atoms. The van der Waals surface area contributed by atoms with Gasteiger partial charge in [0, 0.05) is 5.02 Å². The number of methoxy groups -OCH3 is 1. The molecule has 0 unspecified atom stereocenters. The van der Waals surface area contributed by atoms with Gasteiger partial charge in [-0.05, 0) is 54.4 Å². The van der Waals surface area contributed by atoms with Gasteiger partial charge in [0.05, 0.1) is 17.7 Å². The summed E-state index contributed by atoms with van der Waals surface area (Å²) < 4.78 is 46.5. The monoisotopic (exact) mass is 462 g/mol. The molecule has 162 valence electrons. The van der Waals surface area contributed by atoms with E-state index in [-0.39, 0.29) is 11.3 Å². The highest BCUT2D eigenvalue weighted by molar-refractivity contribution is 7.89. The summed E-state index contributed by atoms with van der Waals surface area (Å²) in [6, 6.07) is 16.9. The lowest BCUT2D eigenvalue weighted by atomic mass is 10.1. The van der Waals surface area contributed by atoms with Gasteiger partial charge in [-0.3, -0.25) is 4.79 Å². The number of rotatable bonds is 8. The van der Waals surface area contributed by atoms with E-state index < -0.39 is 27.8 Å². The molecule has 9 heteroatoms. The van der Waals surface area contributed by atoms with Gasteiger partial charge in [-0.1, -0.05) is 41.9 Å². The Hall–Kier alpha value is -2.94. The maximum atomic E-state index is 13.2. The van der Waals surface area contributed by atoms with Crippen molar-refractivity contribution >= 4 is 33.2 Å². The molecule has 0 aliphatic heterocycles. The summed E-state index contributed by atoms with van der Waals surface area (Å²) in [5, 5.41) is 3.05. The number of carbonyl (C=O) groups is 1. The van der Waals surface area contributed by atoms with Crippen LogP contribution in [-0.4, -0.2) is 27.5 Å². The van der Waals surface area contributed by atoms with E-state index in [1.54, 1.807) is 36.4 Å². The number of sulfonamides is 1. The molecule has 0 saturated carbocycles. The molecule has 0 fully saturated rings. The van der Waals surface area contributed by atoms with E-state index in [1.807, 2.05) is 6.07 Å². The highest BCUT2D eigenvalue weighted by Gasteiger charge is 2.27. The van der Waals surface area contributed by atoms with Crippen LogP contribution in [0.2, 0.25) is 5.02 Å². The van der Waals surface area contributed by atoms with Crippen molar-refractivity contribution < 1.29 is 22.3 Å². The maximum Gasteiger partial charge on any atom is 0.243 e. The van der Waals surface area contributed by atoms with Crippen molar-refractivity contribution in [3.05, 3.63) is 89.2 Å². The standard InChI is InChI=1S/C22H20ClFN2O4S/c1-30-21-12-7-16(23)14-19(21)25-22(27)20(13-15-5-3-2-4-6-15)26-31(28,29)18-10-8-17(24)9-11-18/h2-12,14,20,26H,13H2,1H3,(H,25,27)/t20-/m1/s1. The number of hydrogen-bond donors (Lipinski definition) is 2. The van der Waals surface area contributed by atoms with Crippen LogP contribution in [0.25, 0.3) is 0 Å². The zero-order valence-corrected chi connectivity index (χ0v) is 18.1. The zero-order chi connectivity index (χ0) is 22.4. The topological polar surface area (TPSA) is 84.5 Å². The second kappa shape index (κ2) is 9.91. The van der Waals surface area contributed by atoms with Crippen LogP contribution in [0.5, 0.6) is 5.75 Å². The van der Waals surface area contributed by atoms with E-state index in [1.165, 1.54) is 13.2 Å². The first-order chi connectivity index (χ1) is 14.8. The number of benzene rings is 3. The average Bonchev–Trinajstić information content (AvgIpc) is 2.74. The molecule has 3 aromatic rings. The minimum Gasteiger partial charge on any atom is -0.495 e. The van der Waals surface area contributed by atoms with E-state index in [2.05, 4.69) is 10.0 Å². The Labute approximate surface area is 185 Å². The molecule has 0 heterocycles. The Balaban J connectivity index is 1.90. The SMILES string of the molecule is COc1ccc(Cl)cc1NC(=O)[C@@H](Cc1ccccc1)NS(=O)(=O)c1ccc(F)cc1. The van der Waals surface area contributed by atoms with Crippen molar-refractivity contribution in [3.8, 4) is 5.75 Å². The van der Waals surface area contributed by atoms with Crippen molar-refractivity contribution in [2.45, 2.75) is 17.4 Å². The Morgan fingerprint density at radius 2 is 1.74 bits per heavy atom. The normalized spacial score (nSPS) is 12.2. The molecule has 6 nitrogen and oxygen atoms in total. The van der Waals surface area contributed by atoms with Gasteiger partial charge in [0.25, 0.3) is 0 Å². The largest absolute Gasteiger partial charge is 0.495 e. The van der Waals surface area contributed by atoms with Gasteiger partial charge in [-0.25, -0.2) is 12.8 Å². The van der Waals surface area contributed by atoms with Gasteiger partial charge < -0.3 is 10.1 Å². The molecular formula is C22H20ClFN2O4S. The molecule has 0 bridgehead atoms. The van der Waals surface area contributed by atoms with E-state index in [9.17, 15) is 17.6 Å². The fraction of sp³-hybridized carbons (Fsp3) is 0.136. The molecule has 0 saturated heterocycles. The highest BCUT2D eigenvalue weighted by atomic mass is 35.5.